The van der Waals surface area contributed by atoms with Crippen molar-refractivity contribution in [2.75, 3.05) is 6.54 Å². The van der Waals surface area contributed by atoms with E-state index < -0.39 is 10.0 Å². The van der Waals surface area contributed by atoms with Crippen molar-refractivity contribution in [2.24, 2.45) is 11.7 Å². The molecule has 3 rings (SSSR count). The molecule has 26 heavy (non-hydrogen) atoms. The van der Waals surface area contributed by atoms with Crippen LogP contribution in [0.4, 0.5) is 0 Å². The molecule has 1 fully saturated rings. The summed E-state index contributed by atoms with van der Waals surface area (Å²) in [5.74, 6) is 0.130. The molecule has 1 amide bonds. The molecule has 0 radical (unpaired) electrons. The molecular weight excluding hydrogens is 370 g/mol. The predicted octanol–water partition coefficient (Wildman–Crippen LogP) is 2.08. The van der Waals surface area contributed by atoms with Gasteiger partial charge >= 0.3 is 0 Å². The third-order valence-electron chi connectivity index (χ3n) is 4.72. The van der Waals surface area contributed by atoms with Crippen LogP contribution in [0.1, 0.15) is 34.5 Å². The van der Waals surface area contributed by atoms with Crippen LogP contribution in [-0.4, -0.2) is 26.9 Å². The van der Waals surface area contributed by atoms with Crippen molar-refractivity contribution in [2.45, 2.75) is 36.7 Å². The largest absolute Gasteiger partial charge is 0.349 e. The van der Waals surface area contributed by atoms with E-state index in [9.17, 15) is 13.2 Å². The molecule has 1 aliphatic carbocycles. The van der Waals surface area contributed by atoms with E-state index in [1.165, 1.54) is 23.5 Å². The molecule has 0 aliphatic heterocycles. The molecule has 1 saturated carbocycles. The summed E-state index contributed by atoms with van der Waals surface area (Å²) in [6.07, 6.45) is 3.04. The lowest BCUT2D eigenvalue weighted by atomic mass is 10.0. The lowest BCUT2D eigenvalue weighted by molar-refractivity contribution is 0.0928. The van der Waals surface area contributed by atoms with Gasteiger partial charge in [0.05, 0.1) is 4.90 Å². The highest BCUT2D eigenvalue weighted by Gasteiger charge is 2.27. The number of rotatable bonds is 7. The van der Waals surface area contributed by atoms with E-state index in [1.54, 1.807) is 12.1 Å². The van der Waals surface area contributed by atoms with Crippen molar-refractivity contribution in [1.82, 2.24) is 10.0 Å². The summed E-state index contributed by atoms with van der Waals surface area (Å²) >= 11 is 1.49. The molecule has 1 aromatic carbocycles. The molecule has 1 heterocycles. The molecule has 6 nitrogen and oxygen atoms in total. The normalized spacial score (nSPS) is 20.2. The molecular formula is C18H23N3O3S2. The Kier molecular flexibility index (Phi) is 6.08. The van der Waals surface area contributed by atoms with Crippen LogP contribution in [-0.2, 0) is 16.6 Å². The maximum Gasteiger partial charge on any atom is 0.251 e. The van der Waals surface area contributed by atoms with E-state index in [2.05, 4.69) is 10.0 Å². The van der Waals surface area contributed by atoms with Crippen LogP contribution in [0.5, 0.6) is 0 Å². The SMILES string of the molecule is NCC1CCCC1NC(=O)c1ccc(S(=O)(=O)NCc2cccs2)cc1. The lowest BCUT2D eigenvalue weighted by Gasteiger charge is -2.19. The first kappa shape index (κ1) is 19.0. The monoisotopic (exact) mass is 393 g/mol. The summed E-state index contributed by atoms with van der Waals surface area (Å²) in [6, 6.07) is 9.85. The van der Waals surface area contributed by atoms with Crippen LogP contribution in [0.3, 0.4) is 0 Å². The Morgan fingerprint density at radius 1 is 1.19 bits per heavy atom. The molecule has 0 bridgehead atoms. The van der Waals surface area contributed by atoms with Gasteiger partial charge in [0.2, 0.25) is 10.0 Å². The first-order chi connectivity index (χ1) is 12.5. The molecule has 2 aromatic rings. The molecule has 0 saturated heterocycles. The van der Waals surface area contributed by atoms with Gasteiger partial charge in [-0.1, -0.05) is 12.5 Å². The molecule has 2 atom stereocenters. The summed E-state index contributed by atoms with van der Waals surface area (Å²) in [4.78, 5) is 13.5. The number of thiophene rings is 1. The van der Waals surface area contributed by atoms with Crippen LogP contribution in [0.2, 0.25) is 0 Å². The maximum absolute atomic E-state index is 12.4. The van der Waals surface area contributed by atoms with Gasteiger partial charge in [0.15, 0.2) is 0 Å². The van der Waals surface area contributed by atoms with E-state index in [0.717, 1.165) is 24.1 Å². The van der Waals surface area contributed by atoms with Gasteiger partial charge in [-0.2, -0.15) is 0 Å². The summed E-state index contributed by atoms with van der Waals surface area (Å²) in [5.41, 5.74) is 6.19. The Labute approximate surface area is 157 Å². The topological polar surface area (TPSA) is 101 Å². The molecule has 140 valence electrons. The number of carbonyl (C=O) groups is 1. The minimum atomic E-state index is -3.61. The second-order valence-electron chi connectivity index (χ2n) is 6.43. The van der Waals surface area contributed by atoms with E-state index in [1.807, 2.05) is 17.5 Å². The Morgan fingerprint density at radius 3 is 2.62 bits per heavy atom. The predicted molar refractivity (Wildman–Crippen MR) is 102 cm³/mol. The summed E-state index contributed by atoms with van der Waals surface area (Å²) in [6.45, 7) is 0.822. The van der Waals surface area contributed by atoms with Crippen molar-refractivity contribution in [1.29, 1.82) is 0 Å². The van der Waals surface area contributed by atoms with Crippen LogP contribution in [0, 0.1) is 5.92 Å². The number of nitrogens with one attached hydrogen (secondary N) is 2. The van der Waals surface area contributed by atoms with E-state index >= 15 is 0 Å². The second kappa shape index (κ2) is 8.30. The van der Waals surface area contributed by atoms with Crippen LogP contribution >= 0.6 is 11.3 Å². The fourth-order valence-electron chi connectivity index (χ4n) is 3.21. The third-order valence-corrected chi connectivity index (χ3v) is 7.02. The lowest BCUT2D eigenvalue weighted by Crippen LogP contribution is -2.39. The third kappa shape index (κ3) is 4.50. The fourth-order valence-corrected chi connectivity index (χ4v) is 4.95. The Morgan fingerprint density at radius 2 is 1.96 bits per heavy atom. The smallest absolute Gasteiger partial charge is 0.251 e. The zero-order valence-corrected chi connectivity index (χ0v) is 16.0. The zero-order chi connectivity index (χ0) is 18.6. The maximum atomic E-state index is 12.4. The average molecular weight is 394 g/mol. The highest BCUT2D eigenvalue weighted by molar-refractivity contribution is 7.89. The van der Waals surface area contributed by atoms with Crippen LogP contribution < -0.4 is 15.8 Å². The van der Waals surface area contributed by atoms with E-state index in [4.69, 9.17) is 5.73 Å². The number of nitrogens with two attached hydrogens (primary N) is 1. The highest BCUT2D eigenvalue weighted by atomic mass is 32.2. The van der Waals surface area contributed by atoms with Gasteiger partial charge in [-0.3, -0.25) is 4.79 Å². The van der Waals surface area contributed by atoms with Crippen molar-refractivity contribution in [3.05, 3.63) is 52.2 Å². The summed E-state index contributed by atoms with van der Waals surface area (Å²) < 4.78 is 27.3. The minimum Gasteiger partial charge on any atom is -0.349 e. The number of carbonyl (C=O) groups excluding carboxylic acids is 1. The molecule has 2 unspecified atom stereocenters. The second-order valence-corrected chi connectivity index (χ2v) is 9.23. The average Bonchev–Trinajstić information content (AvgIpc) is 3.31. The number of hydrogen-bond acceptors (Lipinski definition) is 5. The van der Waals surface area contributed by atoms with E-state index in [-0.39, 0.29) is 23.4 Å². The van der Waals surface area contributed by atoms with Crippen molar-refractivity contribution < 1.29 is 13.2 Å². The number of sulfonamides is 1. The first-order valence-electron chi connectivity index (χ1n) is 8.62. The highest BCUT2D eigenvalue weighted by Crippen LogP contribution is 2.25. The molecule has 8 heteroatoms. The summed E-state index contributed by atoms with van der Waals surface area (Å²) in [7, 11) is -3.61. The molecule has 1 aromatic heterocycles. The van der Waals surface area contributed by atoms with Crippen molar-refractivity contribution in [3.8, 4) is 0 Å². The quantitative estimate of drug-likeness (QED) is 0.670. The molecule has 0 spiro atoms. The number of benzene rings is 1. The number of hydrogen-bond donors (Lipinski definition) is 3. The van der Waals surface area contributed by atoms with Crippen molar-refractivity contribution in [3.63, 3.8) is 0 Å². The van der Waals surface area contributed by atoms with Gasteiger partial charge in [0, 0.05) is 23.0 Å². The summed E-state index contributed by atoms with van der Waals surface area (Å²) in [5, 5.41) is 4.91. The van der Waals surface area contributed by atoms with Gasteiger partial charge in [0.1, 0.15) is 0 Å². The zero-order valence-electron chi connectivity index (χ0n) is 14.4. The number of amides is 1. The Hall–Kier alpha value is -1.74. The van der Waals surface area contributed by atoms with Crippen LogP contribution in [0.25, 0.3) is 0 Å². The van der Waals surface area contributed by atoms with Gasteiger partial charge in [0.25, 0.3) is 5.91 Å². The van der Waals surface area contributed by atoms with Gasteiger partial charge in [-0.15, -0.1) is 11.3 Å². The Balaban J connectivity index is 1.62. The van der Waals surface area contributed by atoms with Gasteiger partial charge < -0.3 is 11.1 Å². The molecule has 1 aliphatic rings. The minimum absolute atomic E-state index is 0.100. The van der Waals surface area contributed by atoms with E-state index in [0.29, 0.717) is 18.0 Å². The fraction of sp³-hybridized carbons (Fsp3) is 0.389. The van der Waals surface area contributed by atoms with Crippen LogP contribution in [0.15, 0.2) is 46.7 Å². The molecule has 4 N–H and O–H groups in total. The van der Waals surface area contributed by atoms with Gasteiger partial charge in [-0.05, 0) is 61.0 Å². The van der Waals surface area contributed by atoms with Gasteiger partial charge in [-0.25, -0.2) is 13.1 Å². The first-order valence-corrected chi connectivity index (χ1v) is 11.0. The van der Waals surface area contributed by atoms with Crippen molar-refractivity contribution >= 4 is 27.3 Å². The Bertz CT molecular complexity index is 833. The standard InChI is InChI=1S/C18H23N3O3S2/c19-11-14-3-1-5-17(14)21-18(22)13-6-8-16(9-7-13)26(23,24)20-12-15-4-2-10-25-15/h2,4,6-10,14,17,20H,1,3,5,11-12,19H2,(H,21,22).